The molecule has 0 aliphatic carbocycles. The molecule has 4 nitrogen and oxygen atoms in total. The molecule has 0 spiro atoms. The minimum absolute atomic E-state index is 0.114. The van der Waals surface area contributed by atoms with E-state index < -0.39 is 6.04 Å². The Kier molecular flexibility index (Phi) is 7.66. The van der Waals surface area contributed by atoms with Crippen molar-refractivity contribution in [1.82, 2.24) is 10.2 Å². The third kappa shape index (κ3) is 5.61. The number of rotatable bonds is 7. The highest BCUT2D eigenvalue weighted by atomic mass is 35.5. The third-order valence-corrected chi connectivity index (χ3v) is 4.76. The summed E-state index contributed by atoms with van der Waals surface area (Å²) < 4.78 is 0. The summed E-state index contributed by atoms with van der Waals surface area (Å²) in [5.74, 6) is 1.83. The standard InChI is InChI=1S/C23H25ClN2O2/c1-5-14-26(15-18-12-10-17(4)11-13-18)23(28)21(16(2)3)25-22(27)19-8-6-7-9-20(19)24/h1,6-13,16,21H,14-15H2,2-4H3,(H,25,27)/t21-/m1/s1. The van der Waals surface area contributed by atoms with E-state index in [1.807, 2.05) is 45.0 Å². The number of carbonyl (C=O) groups is 2. The molecule has 146 valence electrons. The minimum Gasteiger partial charge on any atom is -0.340 e. The normalized spacial score (nSPS) is 11.6. The summed E-state index contributed by atoms with van der Waals surface area (Å²) >= 11 is 6.11. The second kappa shape index (κ2) is 9.96. The maximum absolute atomic E-state index is 13.2. The SMILES string of the molecule is C#CCN(Cc1ccc(C)cc1)C(=O)[C@H](NC(=O)c1ccccc1Cl)C(C)C. The van der Waals surface area contributed by atoms with Gasteiger partial charge in [0.1, 0.15) is 6.04 Å². The van der Waals surface area contributed by atoms with Crippen molar-refractivity contribution < 1.29 is 9.59 Å². The third-order valence-electron chi connectivity index (χ3n) is 4.43. The van der Waals surface area contributed by atoms with E-state index in [1.54, 1.807) is 29.2 Å². The van der Waals surface area contributed by atoms with E-state index in [0.717, 1.165) is 11.1 Å². The fourth-order valence-electron chi connectivity index (χ4n) is 2.81. The van der Waals surface area contributed by atoms with Gasteiger partial charge in [0.25, 0.3) is 5.91 Å². The van der Waals surface area contributed by atoms with Crippen LogP contribution in [0.3, 0.4) is 0 Å². The Balaban J connectivity index is 2.20. The molecule has 0 radical (unpaired) electrons. The van der Waals surface area contributed by atoms with Gasteiger partial charge >= 0.3 is 0 Å². The number of nitrogens with zero attached hydrogens (tertiary/aromatic N) is 1. The van der Waals surface area contributed by atoms with Crippen LogP contribution in [-0.4, -0.2) is 29.3 Å². The van der Waals surface area contributed by atoms with Crippen LogP contribution >= 0.6 is 11.6 Å². The number of carbonyl (C=O) groups excluding carboxylic acids is 2. The van der Waals surface area contributed by atoms with Gasteiger partial charge in [-0.3, -0.25) is 9.59 Å². The molecule has 0 saturated heterocycles. The Bertz CT molecular complexity index is 869. The molecule has 0 aliphatic rings. The monoisotopic (exact) mass is 396 g/mol. The summed E-state index contributed by atoms with van der Waals surface area (Å²) in [5.41, 5.74) is 2.46. The predicted molar refractivity (Wildman–Crippen MR) is 113 cm³/mol. The number of benzene rings is 2. The maximum Gasteiger partial charge on any atom is 0.253 e. The van der Waals surface area contributed by atoms with Gasteiger partial charge in [0.2, 0.25) is 5.91 Å². The van der Waals surface area contributed by atoms with Gasteiger partial charge in [-0.2, -0.15) is 0 Å². The van der Waals surface area contributed by atoms with Crippen LogP contribution < -0.4 is 5.32 Å². The van der Waals surface area contributed by atoms with Crippen LogP contribution in [0.2, 0.25) is 5.02 Å². The molecule has 1 N–H and O–H groups in total. The lowest BCUT2D eigenvalue weighted by Crippen LogP contribution is -2.51. The first-order valence-electron chi connectivity index (χ1n) is 9.16. The zero-order valence-corrected chi connectivity index (χ0v) is 17.2. The molecule has 28 heavy (non-hydrogen) atoms. The molecule has 0 bridgehead atoms. The van der Waals surface area contributed by atoms with E-state index >= 15 is 0 Å². The second-order valence-electron chi connectivity index (χ2n) is 7.06. The summed E-state index contributed by atoms with van der Waals surface area (Å²) in [6, 6.07) is 14.0. The zero-order valence-electron chi connectivity index (χ0n) is 16.4. The van der Waals surface area contributed by atoms with E-state index in [2.05, 4.69) is 11.2 Å². The van der Waals surface area contributed by atoms with Gasteiger partial charge in [0.05, 0.1) is 17.1 Å². The molecule has 5 heteroatoms. The van der Waals surface area contributed by atoms with E-state index in [4.69, 9.17) is 18.0 Å². The average Bonchev–Trinajstić information content (AvgIpc) is 2.67. The van der Waals surface area contributed by atoms with Gasteiger partial charge in [0, 0.05) is 6.54 Å². The molecular formula is C23H25ClN2O2. The van der Waals surface area contributed by atoms with Gasteiger partial charge in [-0.05, 0) is 30.5 Å². The quantitative estimate of drug-likeness (QED) is 0.717. The summed E-state index contributed by atoms with van der Waals surface area (Å²) in [4.78, 5) is 27.4. The minimum atomic E-state index is -0.706. The molecule has 0 heterocycles. The first kappa shape index (κ1) is 21.5. The van der Waals surface area contributed by atoms with Crippen LogP contribution in [0.5, 0.6) is 0 Å². The summed E-state index contributed by atoms with van der Waals surface area (Å²) in [5, 5.41) is 3.17. The highest BCUT2D eigenvalue weighted by Gasteiger charge is 2.29. The summed E-state index contributed by atoms with van der Waals surface area (Å²) in [6.45, 7) is 6.32. The van der Waals surface area contributed by atoms with Crippen LogP contribution in [0.4, 0.5) is 0 Å². The first-order chi connectivity index (χ1) is 13.3. The predicted octanol–water partition coefficient (Wildman–Crippen LogP) is 4.06. The number of terminal acetylenes is 1. The van der Waals surface area contributed by atoms with Crippen molar-refractivity contribution in [2.45, 2.75) is 33.4 Å². The first-order valence-corrected chi connectivity index (χ1v) is 9.54. The molecule has 0 aliphatic heterocycles. The fourth-order valence-corrected chi connectivity index (χ4v) is 3.03. The van der Waals surface area contributed by atoms with Crippen LogP contribution in [0.15, 0.2) is 48.5 Å². The Hall–Kier alpha value is -2.77. The number of hydrogen-bond donors (Lipinski definition) is 1. The number of hydrogen-bond acceptors (Lipinski definition) is 2. The van der Waals surface area contributed by atoms with Gasteiger partial charge in [0.15, 0.2) is 0 Å². The van der Waals surface area contributed by atoms with Crippen molar-refractivity contribution in [3.8, 4) is 12.3 Å². The average molecular weight is 397 g/mol. The van der Waals surface area contributed by atoms with Crippen LogP contribution in [0, 0.1) is 25.2 Å². The Morgan fingerprint density at radius 3 is 2.36 bits per heavy atom. The lowest BCUT2D eigenvalue weighted by Gasteiger charge is -2.29. The highest BCUT2D eigenvalue weighted by molar-refractivity contribution is 6.33. The molecule has 0 fully saturated rings. The summed E-state index contributed by atoms with van der Waals surface area (Å²) in [6.07, 6.45) is 5.48. The topological polar surface area (TPSA) is 49.4 Å². The van der Waals surface area contributed by atoms with Crippen molar-refractivity contribution in [2.24, 2.45) is 5.92 Å². The van der Waals surface area contributed by atoms with Gasteiger partial charge in [-0.1, -0.05) is 73.3 Å². The molecule has 1 atom stereocenters. The highest BCUT2D eigenvalue weighted by Crippen LogP contribution is 2.17. The van der Waals surface area contributed by atoms with E-state index in [-0.39, 0.29) is 24.3 Å². The van der Waals surface area contributed by atoms with Gasteiger partial charge in [-0.25, -0.2) is 0 Å². The van der Waals surface area contributed by atoms with Crippen LogP contribution in [0.25, 0.3) is 0 Å². The van der Waals surface area contributed by atoms with Crippen LogP contribution in [0.1, 0.15) is 35.3 Å². The molecule has 2 aromatic carbocycles. The van der Waals surface area contributed by atoms with Crippen molar-refractivity contribution in [3.63, 3.8) is 0 Å². The van der Waals surface area contributed by atoms with Crippen molar-refractivity contribution >= 4 is 23.4 Å². The molecule has 2 rings (SSSR count). The Labute approximate surface area is 171 Å². The number of nitrogens with one attached hydrogen (secondary N) is 1. The molecule has 0 saturated carbocycles. The zero-order chi connectivity index (χ0) is 20.7. The number of aryl methyl sites for hydroxylation is 1. The molecular weight excluding hydrogens is 372 g/mol. The largest absolute Gasteiger partial charge is 0.340 e. The number of amides is 2. The van der Waals surface area contributed by atoms with E-state index in [1.165, 1.54) is 0 Å². The van der Waals surface area contributed by atoms with Crippen molar-refractivity contribution in [3.05, 3.63) is 70.2 Å². The van der Waals surface area contributed by atoms with E-state index in [0.29, 0.717) is 17.1 Å². The Morgan fingerprint density at radius 2 is 1.79 bits per heavy atom. The van der Waals surface area contributed by atoms with Gasteiger partial charge < -0.3 is 10.2 Å². The fraction of sp³-hybridized carbons (Fsp3) is 0.304. The van der Waals surface area contributed by atoms with Crippen LogP contribution in [-0.2, 0) is 11.3 Å². The lowest BCUT2D eigenvalue weighted by molar-refractivity contribution is -0.134. The Morgan fingerprint density at radius 1 is 1.14 bits per heavy atom. The lowest BCUT2D eigenvalue weighted by atomic mass is 10.0. The molecule has 0 aromatic heterocycles. The number of halogens is 1. The molecule has 2 aromatic rings. The van der Waals surface area contributed by atoms with Crippen molar-refractivity contribution in [1.29, 1.82) is 0 Å². The van der Waals surface area contributed by atoms with E-state index in [9.17, 15) is 9.59 Å². The molecule has 2 amide bonds. The second-order valence-corrected chi connectivity index (χ2v) is 7.47. The smallest absolute Gasteiger partial charge is 0.253 e. The van der Waals surface area contributed by atoms with Gasteiger partial charge in [-0.15, -0.1) is 6.42 Å². The van der Waals surface area contributed by atoms with Crippen molar-refractivity contribution in [2.75, 3.05) is 6.54 Å². The molecule has 0 unspecified atom stereocenters. The maximum atomic E-state index is 13.2. The summed E-state index contributed by atoms with van der Waals surface area (Å²) in [7, 11) is 0.